The third kappa shape index (κ3) is 4.57. The van der Waals surface area contributed by atoms with Crippen LogP contribution in [0.15, 0.2) is 35.5 Å². The number of hydrogen-bond acceptors (Lipinski definition) is 8. The molecule has 31 heavy (non-hydrogen) atoms. The van der Waals surface area contributed by atoms with Gasteiger partial charge in [0.25, 0.3) is 0 Å². The van der Waals surface area contributed by atoms with Crippen LogP contribution in [0.5, 0.6) is 5.88 Å². The van der Waals surface area contributed by atoms with E-state index in [4.69, 9.17) is 14.9 Å². The third-order valence-corrected chi connectivity index (χ3v) is 7.26. The molecule has 2 aromatic rings. The van der Waals surface area contributed by atoms with Gasteiger partial charge < -0.3 is 24.7 Å². The van der Waals surface area contributed by atoms with Crippen LogP contribution in [0.25, 0.3) is 0 Å². The maximum atomic E-state index is 12.2. The number of carbonyl (C=O) groups is 1. The van der Waals surface area contributed by atoms with E-state index in [-0.39, 0.29) is 16.8 Å². The fourth-order valence-electron chi connectivity index (χ4n) is 3.93. The molecule has 11 heteroatoms. The minimum Gasteiger partial charge on any atom is -0.474 e. The number of amides is 1. The van der Waals surface area contributed by atoms with Crippen LogP contribution in [0, 0.1) is 0 Å². The van der Waals surface area contributed by atoms with E-state index in [1.165, 1.54) is 11.2 Å². The van der Waals surface area contributed by atoms with E-state index in [0.717, 1.165) is 11.3 Å². The largest absolute Gasteiger partial charge is 0.474 e. The summed E-state index contributed by atoms with van der Waals surface area (Å²) in [6, 6.07) is 6.72. The highest BCUT2D eigenvalue weighted by Gasteiger charge is 2.26. The number of anilines is 2. The quantitative estimate of drug-likeness (QED) is 0.673. The maximum absolute atomic E-state index is 12.2. The van der Waals surface area contributed by atoms with Crippen molar-refractivity contribution < 1.29 is 28.2 Å². The van der Waals surface area contributed by atoms with Crippen molar-refractivity contribution in [1.82, 2.24) is 14.9 Å². The highest BCUT2D eigenvalue weighted by atomic mass is 32.2. The molecular weight excluding hydrogens is 424 g/mol. The number of piperidine rings is 1. The number of likely N-dealkylation sites (tertiary alicyclic amines) is 1. The molecule has 0 spiro atoms. The Morgan fingerprint density at radius 1 is 1.16 bits per heavy atom. The molecule has 0 aliphatic carbocycles. The summed E-state index contributed by atoms with van der Waals surface area (Å²) in [5.74, 6) is 0.778. The van der Waals surface area contributed by atoms with Gasteiger partial charge in [0.15, 0.2) is 9.84 Å². The number of fused-ring (bicyclic) bond motifs is 1. The Bertz CT molecular complexity index is 1070. The molecule has 0 bridgehead atoms. The second-order valence-electron chi connectivity index (χ2n) is 7.54. The lowest BCUT2D eigenvalue weighted by atomic mass is 10.1. The van der Waals surface area contributed by atoms with Gasteiger partial charge in [0.05, 0.1) is 17.3 Å². The molecule has 2 aliphatic heterocycles. The molecule has 166 valence electrons. The Morgan fingerprint density at radius 3 is 2.65 bits per heavy atom. The topological polar surface area (TPSA) is 133 Å². The van der Waals surface area contributed by atoms with Crippen molar-refractivity contribution in [3.8, 4) is 5.88 Å². The van der Waals surface area contributed by atoms with Gasteiger partial charge in [0.1, 0.15) is 18.2 Å². The van der Waals surface area contributed by atoms with E-state index in [1.54, 1.807) is 24.3 Å². The van der Waals surface area contributed by atoms with Crippen LogP contribution < -0.4 is 9.64 Å². The summed E-state index contributed by atoms with van der Waals surface area (Å²) in [4.78, 5) is 23.1. The van der Waals surface area contributed by atoms with Gasteiger partial charge in [-0.1, -0.05) is 0 Å². The molecule has 3 heterocycles. The van der Waals surface area contributed by atoms with Crippen molar-refractivity contribution in [3.63, 3.8) is 0 Å². The van der Waals surface area contributed by atoms with Crippen molar-refractivity contribution in [1.29, 1.82) is 0 Å². The summed E-state index contributed by atoms with van der Waals surface area (Å²) in [5.41, 5.74) is 1.78. The van der Waals surface area contributed by atoms with Crippen molar-refractivity contribution >= 4 is 27.4 Å². The minimum absolute atomic E-state index is 0.108. The zero-order valence-electron chi connectivity index (χ0n) is 16.8. The molecule has 1 aromatic heterocycles. The molecular formula is C20H24N4O6S. The fourth-order valence-corrected chi connectivity index (χ4v) is 5.00. The zero-order chi connectivity index (χ0) is 22.0. The SMILES string of the molecule is O=C(O)N1CCC(Oc2cc(N3CCc4cc(S(=O)(=O)CCO)ccc43)ncn2)CC1. The van der Waals surface area contributed by atoms with E-state index >= 15 is 0 Å². The molecule has 0 unspecified atom stereocenters. The van der Waals surface area contributed by atoms with Gasteiger partial charge in [-0.2, -0.15) is 0 Å². The van der Waals surface area contributed by atoms with Gasteiger partial charge in [0.2, 0.25) is 5.88 Å². The first-order chi connectivity index (χ1) is 14.9. The van der Waals surface area contributed by atoms with E-state index in [2.05, 4.69) is 9.97 Å². The average molecular weight is 449 g/mol. The molecule has 1 aromatic carbocycles. The molecule has 0 atom stereocenters. The fraction of sp³-hybridized carbons (Fsp3) is 0.450. The highest BCUT2D eigenvalue weighted by molar-refractivity contribution is 7.91. The van der Waals surface area contributed by atoms with Gasteiger partial charge >= 0.3 is 6.09 Å². The van der Waals surface area contributed by atoms with Crippen LogP contribution in [0.2, 0.25) is 0 Å². The summed E-state index contributed by atoms with van der Waals surface area (Å²) in [5, 5.41) is 18.0. The van der Waals surface area contributed by atoms with Crippen LogP contribution in [0.1, 0.15) is 18.4 Å². The van der Waals surface area contributed by atoms with Crippen molar-refractivity contribution in [3.05, 3.63) is 36.2 Å². The number of carboxylic acid groups (broad SMARTS) is 1. The lowest BCUT2D eigenvalue weighted by Gasteiger charge is -2.30. The van der Waals surface area contributed by atoms with Gasteiger partial charge in [-0.15, -0.1) is 0 Å². The van der Waals surface area contributed by atoms with Gasteiger partial charge in [0, 0.05) is 44.2 Å². The summed E-state index contributed by atoms with van der Waals surface area (Å²) >= 11 is 0. The molecule has 2 N–H and O–H groups in total. The van der Waals surface area contributed by atoms with E-state index in [9.17, 15) is 13.2 Å². The predicted octanol–water partition coefficient (Wildman–Crippen LogP) is 1.46. The van der Waals surface area contributed by atoms with Gasteiger partial charge in [-0.05, 0) is 30.2 Å². The lowest BCUT2D eigenvalue weighted by Crippen LogP contribution is -2.41. The van der Waals surface area contributed by atoms with E-state index < -0.39 is 22.5 Å². The Labute approximate surface area is 180 Å². The standard InChI is InChI=1S/C20H24N4O6S/c25-9-10-31(28,29)16-1-2-17-14(11-16)3-8-24(17)18-12-19(22-13-21-18)30-15-4-6-23(7-5-15)20(26)27/h1-2,11-13,15,25H,3-10H2,(H,26,27). The van der Waals surface area contributed by atoms with Crippen LogP contribution in [0.3, 0.4) is 0 Å². The Hall–Kier alpha value is -2.92. The first-order valence-electron chi connectivity index (χ1n) is 10.1. The van der Waals surface area contributed by atoms with Gasteiger partial charge in [-0.3, -0.25) is 0 Å². The Morgan fingerprint density at radius 2 is 1.94 bits per heavy atom. The second kappa shape index (κ2) is 8.67. The number of aliphatic hydroxyl groups excluding tert-OH is 1. The second-order valence-corrected chi connectivity index (χ2v) is 9.65. The smallest absolute Gasteiger partial charge is 0.407 e. The number of sulfone groups is 1. The summed E-state index contributed by atoms with van der Waals surface area (Å²) in [7, 11) is -3.50. The molecule has 1 fully saturated rings. The van der Waals surface area contributed by atoms with Crippen LogP contribution in [-0.2, 0) is 16.3 Å². The summed E-state index contributed by atoms with van der Waals surface area (Å²) in [6.45, 7) is 1.09. The van der Waals surface area contributed by atoms with Crippen LogP contribution in [-0.4, -0.2) is 77.7 Å². The first-order valence-corrected chi connectivity index (χ1v) is 11.7. The molecule has 0 saturated carbocycles. The number of hydrogen-bond donors (Lipinski definition) is 2. The molecule has 1 amide bonds. The molecule has 2 aliphatic rings. The predicted molar refractivity (Wildman–Crippen MR) is 112 cm³/mol. The highest BCUT2D eigenvalue weighted by Crippen LogP contribution is 2.36. The van der Waals surface area contributed by atoms with Crippen LogP contribution in [0.4, 0.5) is 16.3 Å². The molecule has 4 rings (SSSR count). The lowest BCUT2D eigenvalue weighted by molar-refractivity contribution is 0.0870. The average Bonchev–Trinajstić information content (AvgIpc) is 3.18. The number of aromatic nitrogens is 2. The number of aliphatic hydroxyl groups is 1. The first kappa shape index (κ1) is 21.3. The molecule has 1 saturated heterocycles. The monoisotopic (exact) mass is 448 g/mol. The van der Waals surface area contributed by atoms with Crippen molar-refractivity contribution in [2.24, 2.45) is 0 Å². The summed E-state index contributed by atoms with van der Waals surface area (Å²) < 4.78 is 30.4. The van der Waals surface area contributed by atoms with E-state index in [1.807, 2.05) is 4.90 Å². The van der Waals surface area contributed by atoms with Crippen molar-refractivity contribution in [2.45, 2.75) is 30.3 Å². The number of ether oxygens (including phenoxy) is 1. The van der Waals surface area contributed by atoms with Crippen molar-refractivity contribution in [2.75, 3.05) is 36.9 Å². The van der Waals surface area contributed by atoms with E-state index in [0.29, 0.717) is 50.6 Å². The number of rotatable bonds is 6. The summed E-state index contributed by atoms with van der Waals surface area (Å²) in [6.07, 6.45) is 2.28. The molecule has 10 nitrogen and oxygen atoms in total. The van der Waals surface area contributed by atoms with Crippen LogP contribution >= 0.6 is 0 Å². The number of nitrogens with zero attached hydrogens (tertiary/aromatic N) is 4. The number of benzene rings is 1. The minimum atomic E-state index is -3.50. The maximum Gasteiger partial charge on any atom is 0.407 e. The Kier molecular flexibility index (Phi) is 5.96. The normalized spacial score (nSPS) is 16.9. The zero-order valence-corrected chi connectivity index (χ0v) is 17.7. The Balaban J connectivity index is 1.48. The third-order valence-electron chi connectivity index (χ3n) is 5.57. The van der Waals surface area contributed by atoms with Gasteiger partial charge in [-0.25, -0.2) is 23.2 Å². The molecule has 0 radical (unpaired) electrons.